The SMILES string of the molecule is CS(=O)(=O)N(CC(=O)NCCOc1ccc(F)cc1)c1cccc(Cl)c1Cl. The van der Waals surface area contributed by atoms with Gasteiger partial charge in [0.05, 0.1) is 28.5 Å². The Labute approximate surface area is 166 Å². The van der Waals surface area contributed by atoms with Gasteiger partial charge in [0.25, 0.3) is 0 Å². The van der Waals surface area contributed by atoms with Crippen LogP contribution < -0.4 is 14.4 Å². The van der Waals surface area contributed by atoms with Crippen molar-refractivity contribution in [2.75, 3.05) is 30.3 Å². The Hall–Kier alpha value is -2.03. The molecule has 0 saturated heterocycles. The van der Waals surface area contributed by atoms with E-state index in [-0.39, 0.29) is 34.7 Å². The molecule has 2 aromatic rings. The lowest BCUT2D eigenvalue weighted by atomic mass is 10.3. The first-order valence-corrected chi connectivity index (χ1v) is 10.4. The average molecular weight is 435 g/mol. The number of nitrogens with zero attached hydrogens (tertiary/aromatic N) is 1. The van der Waals surface area contributed by atoms with Crippen LogP contribution in [0, 0.1) is 5.82 Å². The summed E-state index contributed by atoms with van der Waals surface area (Å²) in [6.07, 6.45) is 0.967. The lowest BCUT2D eigenvalue weighted by molar-refractivity contribution is -0.119. The quantitative estimate of drug-likeness (QED) is 0.647. The van der Waals surface area contributed by atoms with Crippen molar-refractivity contribution in [1.29, 1.82) is 0 Å². The van der Waals surface area contributed by atoms with E-state index in [9.17, 15) is 17.6 Å². The Morgan fingerprint density at radius 2 is 1.85 bits per heavy atom. The molecular weight excluding hydrogens is 418 g/mol. The summed E-state index contributed by atoms with van der Waals surface area (Å²) in [6, 6.07) is 9.95. The largest absolute Gasteiger partial charge is 0.492 e. The van der Waals surface area contributed by atoms with Crippen LogP contribution in [0.3, 0.4) is 0 Å². The van der Waals surface area contributed by atoms with E-state index in [1.54, 1.807) is 0 Å². The van der Waals surface area contributed by atoms with Gasteiger partial charge >= 0.3 is 0 Å². The maximum absolute atomic E-state index is 12.8. The molecule has 0 saturated carbocycles. The summed E-state index contributed by atoms with van der Waals surface area (Å²) in [7, 11) is -3.77. The van der Waals surface area contributed by atoms with E-state index in [0.29, 0.717) is 5.75 Å². The standard InChI is InChI=1S/C17H17Cl2FN2O4S/c1-27(24,25)22(15-4-2-3-14(18)17(15)19)11-16(23)21-9-10-26-13-7-5-12(20)6-8-13/h2-8H,9-11H2,1H3,(H,21,23). The fraction of sp³-hybridized carbons (Fsp3) is 0.235. The summed E-state index contributed by atoms with van der Waals surface area (Å²) in [4.78, 5) is 12.1. The first-order valence-electron chi connectivity index (χ1n) is 7.75. The third kappa shape index (κ3) is 6.27. The van der Waals surface area contributed by atoms with Gasteiger partial charge in [-0.3, -0.25) is 9.10 Å². The zero-order valence-corrected chi connectivity index (χ0v) is 16.6. The lowest BCUT2D eigenvalue weighted by Crippen LogP contribution is -2.41. The summed E-state index contributed by atoms with van der Waals surface area (Å²) in [5.74, 6) is -0.468. The van der Waals surface area contributed by atoms with Gasteiger partial charge < -0.3 is 10.1 Å². The summed E-state index contributed by atoms with van der Waals surface area (Å²) in [5.41, 5.74) is 0.115. The molecule has 27 heavy (non-hydrogen) atoms. The van der Waals surface area contributed by atoms with Crippen LogP contribution >= 0.6 is 23.2 Å². The summed E-state index contributed by atoms with van der Waals surface area (Å²) in [6.45, 7) is -0.194. The van der Waals surface area contributed by atoms with Crippen molar-refractivity contribution in [1.82, 2.24) is 5.32 Å². The minimum absolute atomic E-state index is 0.0389. The predicted molar refractivity (Wildman–Crippen MR) is 104 cm³/mol. The van der Waals surface area contributed by atoms with Crippen LogP contribution in [0.15, 0.2) is 42.5 Å². The van der Waals surface area contributed by atoms with Crippen molar-refractivity contribution in [2.45, 2.75) is 0 Å². The second-order valence-electron chi connectivity index (χ2n) is 5.49. The van der Waals surface area contributed by atoms with E-state index < -0.39 is 22.5 Å². The maximum atomic E-state index is 12.8. The number of nitrogens with one attached hydrogen (secondary N) is 1. The molecule has 0 unspecified atom stereocenters. The normalized spacial score (nSPS) is 11.1. The molecule has 0 atom stereocenters. The Morgan fingerprint density at radius 1 is 1.19 bits per heavy atom. The highest BCUT2D eigenvalue weighted by Gasteiger charge is 2.23. The smallest absolute Gasteiger partial charge is 0.240 e. The van der Waals surface area contributed by atoms with E-state index in [4.69, 9.17) is 27.9 Å². The van der Waals surface area contributed by atoms with E-state index in [2.05, 4.69) is 5.32 Å². The number of benzene rings is 2. The highest BCUT2D eigenvalue weighted by atomic mass is 35.5. The fourth-order valence-electron chi connectivity index (χ4n) is 2.14. The van der Waals surface area contributed by atoms with E-state index in [0.717, 1.165) is 10.6 Å². The Kier molecular flexibility index (Phi) is 7.29. The van der Waals surface area contributed by atoms with Crippen molar-refractivity contribution in [3.05, 3.63) is 58.3 Å². The number of carbonyl (C=O) groups excluding carboxylic acids is 1. The minimum Gasteiger partial charge on any atom is -0.492 e. The molecule has 1 amide bonds. The molecule has 0 heterocycles. The molecule has 0 fully saturated rings. The topological polar surface area (TPSA) is 75.7 Å². The molecule has 0 aromatic heterocycles. The fourth-order valence-corrected chi connectivity index (χ4v) is 3.45. The second-order valence-corrected chi connectivity index (χ2v) is 8.19. The number of amides is 1. The van der Waals surface area contributed by atoms with Crippen LogP contribution in [0.2, 0.25) is 10.0 Å². The summed E-state index contributed by atoms with van der Waals surface area (Å²) < 4.78 is 43.2. The van der Waals surface area contributed by atoms with Crippen LogP contribution in [-0.2, 0) is 14.8 Å². The van der Waals surface area contributed by atoms with Gasteiger partial charge in [0.15, 0.2) is 0 Å². The third-order valence-electron chi connectivity index (χ3n) is 3.39. The molecule has 6 nitrogen and oxygen atoms in total. The number of carbonyl (C=O) groups is 1. The minimum atomic E-state index is -3.77. The number of rotatable bonds is 8. The molecule has 0 spiro atoms. The summed E-state index contributed by atoms with van der Waals surface area (Å²) in [5, 5.41) is 2.77. The van der Waals surface area contributed by atoms with Crippen LogP contribution in [0.1, 0.15) is 0 Å². The van der Waals surface area contributed by atoms with Crippen molar-refractivity contribution in [2.24, 2.45) is 0 Å². The number of ether oxygens (including phenoxy) is 1. The van der Waals surface area contributed by atoms with E-state index in [1.165, 1.54) is 42.5 Å². The number of hydrogen-bond donors (Lipinski definition) is 1. The number of halogens is 3. The van der Waals surface area contributed by atoms with Gasteiger partial charge in [-0.25, -0.2) is 12.8 Å². The molecule has 0 bridgehead atoms. The van der Waals surface area contributed by atoms with Crippen LogP contribution in [0.4, 0.5) is 10.1 Å². The first kappa shape index (κ1) is 21.3. The van der Waals surface area contributed by atoms with Gasteiger partial charge in [-0.1, -0.05) is 29.3 Å². The van der Waals surface area contributed by atoms with Crippen molar-refractivity contribution >= 4 is 44.8 Å². The third-order valence-corrected chi connectivity index (χ3v) is 5.33. The average Bonchev–Trinajstić information content (AvgIpc) is 2.60. The molecule has 0 aliphatic carbocycles. The number of hydrogen-bond acceptors (Lipinski definition) is 4. The molecule has 2 aromatic carbocycles. The van der Waals surface area contributed by atoms with Gasteiger partial charge in [0, 0.05) is 0 Å². The van der Waals surface area contributed by atoms with E-state index in [1.807, 2.05) is 0 Å². The zero-order chi connectivity index (χ0) is 20.0. The zero-order valence-electron chi connectivity index (χ0n) is 14.3. The molecule has 1 N–H and O–H groups in total. The van der Waals surface area contributed by atoms with Gasteiger partial charge in [0.1, 0.15) is 24.7 Å². The molecule has 2 rings (SSSR count). The molecule has 10 heteroatoms. The highest BCUT2D eigenvalue weighted by molar-refractivity contribution is 7.92. The highest BCUT2D eigenvalue weighted by Crippen LogP contribution is 2.33. The van der Waals surface area contributed by atoms with Crippen molar-refractivity contribution < 1.29 is 22.3 Å². The lowest BCUT2D eigenvalue weighted by Gasteiger charge is -2.23. The second kappa shape index (κ2) is 9.25. The van der Waals surface area contributed by atoms with E-state index >= 15 is 0 Å². The van der Waals surface area contributed by atoms with Gasteiger partial charge in [0.2, 0.25) is 15.9 Å². The molecule has 0 radical (unpaired) electrons. The monoisotopic (exact) mass is 434 g/mol. The molecule has 0 aliphatic rings. The van der Waals surface area contributed by atoms with Crippen LogP contribution in [0.5, 0.6) is 5.75 Å². The predicted octanol–water partition coefficient (Wildman–Crippen LogP) is 3.09. The maximum Gasteiger partial charge on any atom is 0.240 e. The van der Waals surface area contributed by atoms with Crippen LogP contribution in [0.25, 0.3) is 0 Å². The number of anilines is 1. The van der Waals surface area contributed by atoms with Gasteiger partial charge in [-0.15, -0.1) is 0 Å². The van der Waals surface area contributed by atoms with Crippen LogP contribution in [-0.4, -0.2) is 40.3 Å². The first-order chi connectivity index (χ1) is 12.7. The van der Waals surface area contributed by atoms with Crippen molar-refractivity contribution in [3.63, 3.8) is 0 Å². The van der Waals surface area contributed by atoms with Crippen molar-refractivity contribution in [3.8, 4) is 5.75 Å². The molecule has 146 valence electrons. The number of sulfonamides is 1. The molecule has 0 aliphatic heterocycles. The Balaban J connectivity index is 1.94. The summed E-state index contributed by atoms with van der Waals surface area (Å²) >= 11 is 12.0. The Morgan fingerprint density at radius 3 is 2.48 bits per heavy atom. The Bertz CT molecular complexity index is 908. The van der Waals surface area contributed by atoms with Gasteiger partial charge in [-0.2, -0.15) is 0 Å². The molecular formula is C17H17Cl2FN2O4S. The van der Waals surface area contributed by atoms with Gasteiger partial charge in [-0.05, 0) is 36.4 Å².